The van der Waals surface area contributed by atoms with Crippen molar-refractivity contribution in [3.8, 4) is 0 Å². The summed E-state index contributed by atoms with van der Waals surface area (Å²) < 4.78 is 29.1. The van der Waals surface area contributed by atoms with E-state index < -0.39 is 17.3 Å². The lowest BCUT2D eigenvalue weighted by Crippen LogP contribution is -2.43. The van der Waals surface area contributed by atoms with E-state index in [1.807, 2.05) is 51.0 Å². The number of nitrogens with zero attached hydrogens (tertiary/aromatic N) is 2. The second-order valence-corrected chi connectivity index (χ2v) is 10.1. The molecule has 1 aliphatic rings. The number of amides is 1. The number of benzene rings is 1. The Balaban J connectivity index is 1.68. The summed E-state index contributed by atoms with van der Waals surface area (Å²) >= 11 is 0. The lowest BCUT2D eigenvalue weighted by Gasteiger charge is -2.31. The fraction of sp³-hybridized carbons (Fsp3) is 0.536. The highest BCUT2D eigenvalue weighted by Crippen LogP contribution is 2.65. The van der Waals surface area contributed by atoms with Crippen molar-refractivity contribution in [2.45, 2.75) is 70.8 Å². The number of ketones is 1. The van der Waals surface area contributed by atoms with Crippen LogP contribution in [0.2, 0.25) is 0 Å². The Morgan fingerprint density at radius 1 is 1.20 bits per heavy atom. The number of halogens is 2. The summed E-state index contributed by atoms with van der Waals surface area (Å²) in [6.45, 7) is 5.19. The molecule has 5 nitrogen and oxygen atoms in total. The van der Waals surface area contributed by atoms with Gasteiger partial charge in [0.05, 0.1) is 0 Å². The molecule has 2 atom stereocenters. The Labute approximate surface area is 207 Å². The first-order chi connectivity index (χ1) is 16.5. The van der Waals surface area contributed by atoms with Gasteiger partial charge >= 0.3 is 0 Å². The lowest BCUT2D eigenvalue weighted by molar-refractivity contribution is -0.124. The van der Waals surface area contributed by atoms with Crippen molar-refractivity contribution < 1.29 is 18.4 Å². The molecule has 0 aliphatic heterocycles. The maximum absolute atomic E-state index is 14.6. The minimum absolute atomic E-state index is 0.0150. The number of nitrogens with one attached hydrogen (secondary N) is 1. The average molecular weight is 486 g/mol. The number of alkyl halides is 2. The predicted octanol–water partition coefficient (Wildman–Crippen LogP) is 5.18. The van der Waals surface area contributed by atoms with Crippen LogP contribution in [0.15, 0.2) is 42.6 Å². The molecule has 1 aromatic carbocycles. The largest absolute Gasteiger partial charge is 0.355 e. The van der Waals surface area contributed by atoms with Gasteiger partial charge in [0.2, 0.25) is 5.91 Å². The van der Waals surface area contributed by atoms with Crippen LogP contribution in [0.3, 0.4) is 0 Å². The number of Topliss-reactive ketones (excluding diaryl/α,β-unsaturated/α-hetero) is 1. The van der Waals surface area contributed by atoms with Crippen LogP contribution in [0.25, 0.3) is 0 Å². The molecule has 1 aromatic heterocycles. The van der Waals surface area contributed by atoms with Crippen LogP contribution in [0.5, 0.6) is 0 Å². The van der Waals surface area contributed by atoms with Gasteiger partial charge in [0.15, 0.2) is 5.78 Å². The van der Waals surface area contributed by atoms with E-state index in [0.29, 0.717) is 43.5 Å². The molecule has 0 spiro atoms. The van der Waals surface area contributed by atoms with Crippen LogP contribution in [-0.2, 0) is 11.2 Å². The molecular formula is C28H37F2N3O2. The summed E-state index contributed by atoms with van der Waals surface area (Å²) in [5, 5.41) is 2.99. The quantitative estimate of drug-likeness (QED) is 0.421. The van der Waals surface area contributed by atoms with Crippen LogP contribution >= 0.6 is 0 Å². The molecule has 190 valence electrons. The monoisotopic (exact) mass is 485 g/mol. The topological polar surface area (TPSA) is 62.3 Å². The number of likely N-dealkylation sites (N-methyl/N-ethyl adjacent to an activating group) is 1. The van der Waals surface area contributed by atoms with E-state index in [2.05, 4.69) is 10.3 Å². The molecule has 0 saturated heterocycles. The Morgan fingerprint density at radius 3 is 2.43 bits per heavy atom. The van der Waals surface area contributed by atoms with Gasteiger partial charge in [0, 0.05) is 54.2 Å². The van der Waals surface area contributed by atoms with E-state index in [1.54, 1.807) is 24.4 Å². The van der Waals surface area contributed by atoms with Crippen molar-refractivity contribution in [1.82, 2.24) is 15.2 Å². The average Bonchev–Trinajstić information content (AvgIpc) is 3.63. The number of aromatic nitrogens is 1. The highest BCUT2D eigenvalue weighted by Gasteiger charge is 2.64. The zero-order valence-corrected chi connectivity index (χ0v) is 21.4. The minimum atomic E-state index is -2.88. The second-order valence-electron chi connectivity index (χ2n) is 10.1. The highest BCUT2D eigenvalue weighted by molar-refractivity contribution is 5.96. The fourth-order valence-electron chi connectivity index (χ4n) is 4.88. The summed E-state index contributed by atoms with van der Waals surface area (Å²) in [5.74, 6) is -3.65. The molecule has 35 heavy (non-hydrogen) atoms. The van der Waals surface area contributed by atoms with Crippen LogP contribution in [0, 0.1) is 12.3 Å². The molecule has 1 N–H and O–H groups in total. The third-order valence-electron chi connectivity index (χ3n) is 7.47. The maximum Gasteiger partial charge on any atom is 0.251 e. The van der Waals surface area contributed by atoms with E-state index in [-0.39, 0.29) is 24.2 Å². The van der Waals surface area contributed by atoms with Crippen LogP contribution in [-0.4, -0.2) is 54.2 Å². The summed E-state index contributed by atoms with van der Waals surface area (Å²) in [4.78, 5) is 31.4. The standard InChI is InChI=1S/C28H37F2N3O2/c1-6-25(34)21-11-10-20(19(2)15-21)16-22(33(4)5)18-32-26(35)17-23(24-9-7-8-14-31-24)28(12-13-28)27(3,29)30/h7-11,14-15,22-23H,6,12-13,16-18H2,1-5H3,(H,32,35)/t22-,23?/m0/s1. The number of aryl methyl sites for hydroxylation is 1. The normalized spacial score (nSPS) is 16.6. The first-order valence-corrected chi connectivity index (χ1v) is 12.3. The Kier molecular flexibility index (Phi) is 8.42. The first-order valence-electron chi connectivity index (χ1n) is 12.3. The summed E-state index contributed by atoms with van der Waals surface area (Å²) in [6.07, 6.45) is 3.51. The fourth-order valence-corrected chi connectivity index (χ4v) is 4.88. The van der Waals surface area contributed by atoms with Crippen molar-refractivity contribution in [1.29, 1.82) is 0 Å². The summed E-state index contributed by atoms with van der Waals surface area (Å²) in [7, 11) is 3.91. The molecule has 1 saturated carbocycles. The molecule has 1 amide bonds. The number of hydrogen-bond acceptors (Lipinski definition) is 4. The lowest BCUT2D eigenvalue weighted by atomic mass is 9.79. The zero-order chi connectivity index (χ0) is 25.8. The summed E-state index contributed by atoms with van der Waals surface area (Å²) in [5.41, 5.74) is 2.20. The summed E-state index contributed by atoms with van der Waals surface area (Å²) in [6, 6.07) is 11.0. The Morgan fingerprint density at radius 2 is 1.91 bits per heavy atom. The van der Waals surface area contributed by atoms with Gasteiger partial charge in [-0.05, 0) is 76.5 Å². The third-order valence-corrected chi connectivity index (χ3v) is 7.47. The van der Waals surface area contributed by atoms with E-state index in [4.69, 9.17) is 0 Å². The van der Waals surface area contributed by atoms with Crippen molar-refractivity contribution in [2.75, 3.05) is 20.6 Å². The third kappa shape index (κ3) is 6.31. The van der Waals surface area contributed by atoms with Gasteiger partial charge in [-0.3, -0.25) is 14.6 Å². The van der Waals surface area contributed by atoms with Gasteiger partial charge < -0.3 is 10.2 Å². The van der Waals surface area contributed by atoms with Crippen LogP contribution in [0.4, 0.5) is 8.78 Å². The van der Waals surface area contributed by atoms with E-state index in [9.17, 15) is 18.4 Å². The van der Waals surface area contributed by atoms with E-state index in [1.165, 1.54) is 0 Å². The van der Waals surface area contributed by atoms with Crippen molar-refractivity contribution >= 4 is 11.7 Å². The Hall–Kier alpha value is -2.67. The molecule has 1 fully saturated rings. The SMILES string of the molecule is CCC(=O)c1ccc(C[C@@H](CNC(=O)CC(c2ccccn2)C2(C(C)(F)F)CC2)N(C)C)c(C)c1. The predicted molar refractivity (Wildman–Crippen MR) is 134 cm³/mol. The first kappa shape index (κ1) is 26.9. The maximum atomic E-state index is 14.6. The number of pyridine rings is 1. The molecule has 1 aliphatic carbocycles. The van der Waals surface area contributed by atoms with Crippen molar-refractivity contribution in [3.05, 3.63) is 65.0 Å². The van der Waals surface area contributed by atoms with Crippen LogP contribution < -0.4 is 5.32 Å². The molecule has 7 heteroatoms. The number of carbonyl (C=O) groups is 2. The number of rotatable bonds is 12. The molecule has 0 radical (unpaired) electrons. The Bertz CT molecular complexity index is 1030. The minimum Gasteiger partial charge on any atom is -0.355 e. The smallest absolute Gasteiger partial charge is 0.251 e. The van der Waals surface area contributed by atoms with Gasteiger partial charge in [0.25, 0.3) is 5.92 Å². The van der Waals surface area contributed by atoms with Crippen LogP contribution in [0.1, 0.15) is 72.6 Å². The molecular weight excluding hydrogens is 448 g/mol. The van der Waals surface area contributed by atoms with Crippen molar-refractivity contribution in [3.63, 3.8) is 0 Å². The molecule has 1 heterocycles. The highest BCUT2D eigenvalue weighted by atomic mass is 19.3. The molecule has 1 unspecified atom stereocenters. The van der Waals surface area contributed by atoms with E-state index in [0.717, 1.165) is 18.1 Å². The molecule has 0 bridgehead atoms. The number of carbonyl (C=O) groups excluding carboxylic acids is 2. The van der Waals surface area contributed by atoms with Gasteiger partial charge in [-0.1, -0.05) is 25.1 Å². The number of hydrogen-bond donors (Lipinski definition) is 1. The van der Waals surface area contributed by atoms with E-state index >= 15 is 0 Å². The second kappa shape index (κ2) is 10.9. The molecule has 2 aromatic rings. The van der Waals surface area contributed by atoms with Crippen molar-refractivity contribution in [2.24, 2.45) is 5.41 Å². The van der Waals surface area contributed by atoms with Gasteiger partial charge in [-0.25, -0.2) is 8.78 Å². The molecule has 3 rings (SSSR count). The van der Waals surface area contributed by atoms with Gasteiger partial charge in [-0.2, -0.15) is 0 Å². The zero-order valence-electron chi connectivity index (χ0n) is 21.4. The van der Waals surface area contributed by atoms with Gasteiger partial charge in [-0.15, -0.1) is 0 Å². The van der Waals surface area contributed by atoms with Gasteiger partial charge in [0.1, 0.15) is 0 Å².